The number of aryl methyl sites for hydroxylation is 1. The molecular formula is C8H9BrO4S. The van der Waals surface area contributed by atoms with Crippen LogP contribution in [0, 0.1) is 6.92 Å². The molecule has 1 rings (SSSR count). The lowest BCUT2D eigenvalue weighted by Crippen LogP contribution is -2.01. The molecule has 1 aromatic carbocycles. The molecule has 0 atom stereocenters. The first-order chi connectivity index (χ1) is 6.36. The highest BCUT2D eigenvalue weighted by atomic mass is 79.9. The molecule has 0 fully saturated rings. The number of rotatable bonds is 2. The zero-order valence-corrected chi connectivity index (χ0v) is 10.0. The lowest BCUT2D eigenvalue weighted by Gasteiger charge is -2.07. The third-order valence-corrected chi connectivity index (χ3v) is 3.34. The highest BCUT2D eigenvalue weighted by molar-refractivity contribution is 9.10. The van der Waals surface area contributed by atoms with Gasteiger partial charge in [0.1, 0.15) is 10.6 Å². The van der Waals surface area contributed by atoms with Gasteiger partial charge in [0.2, 0.25) is 0 Å². The van der Waals surface area contributed by atoms with E-state index in [1.165, 1.54) is 13.2 Å². The van der Waals surface area contributed by atoms with Crippen LogP contribution in [0.25, 0.3) is 0 Å². The summed E-state index contributed by atoms with van der Waals surface area (Å²) in [5, 5.41) is 0. The number of hydrogen-bond acceptors (Lipinski definition) is 3. The van der Waals surface area contributed by atoms with Crippen molar-refractivity contribution in [2.45, 2.75) is 11.8 Å². The maximum Gasteiger partial charge on any atom is 0.294 e. The molecule has 0 amide bonds. The topological polar surface area (TPSA) is 63.6 Å². The van der Waals surface area contributed by atoms with E-state index in [0.29, 0.717) is 15.8 Å². The molecule has 4 nitrogen and oxygen atoms in total. The maximum absolute atomic E-state index is 10.9. The van der Waals surface area contributed by atoms with Crippen LogP contribution in [-0.2, 0) is 10.1 Å². The van der Waals surface area contributed by atoms with Crippen molar-refractivity contribution in [1.29, 1.82) is 0 Å². The van der Waals surface area contributed by atoms with Gasteiger partial charge in [-0.25, -0.2) is 0 Å². The molecule has 0 spiro atoms. The van der Waals surface area contributed by atoms with Gasteiger partial charge in [0, 0.05) is 6.07 Å². The first-order valence-electron chi connectivity index (χ1n) is 3.68. The van der Waals surface area contributed by atoms with Crippen molar-refractivity contribution < 1.29 is 17.7 Å². The molecule has 0 aliphatic rings. The molecule has 0 unspecified atom stereocenters. The van der Waals surface area contributed by atoms with Crippen molar-refractivity contribution in [3.8, 4) is 5.75 Å². The Labute approximate surface area is 90.8 Å². The Bertz CT molecular complexity index is 453. The van der Waals surface area contributed by atoms with Crippen molar-refractivity contribution in [2.24, 2.45) is 0 Å². The zero-order valence-electron chi connectivity index (χ0n) is 7.61. The van der Waals surface area contributed by atoms with Gasteiger partial charge in [-0.2, -0.15) is 8.42 Å². The van der Waals surface area contributed by atoms with Crippen LogP contribution in [0.3, 0.4) is 0 Å². The van der Waals surface area contributed by atoms with Crippen LogP contribution in [0.1, 0.15) is 5.56 Å². The average molecular weight is 281 g/mol. The fourth-order valence-electron chi connectivity index (χ4n) is 1.07. The Hall–Kier alpha value is -0.590. The molecule has 0 heterocycles. The van der Waals surface area contributed by atoms with E-state index in [0.717, 1.165) is 0 Å². The highest BCUT2D eigenvalue weighted by Crippen LogP contribution is 2.30. The summed E-state index contributed by atoms with van der Waals surface area (Å²) in [6, 6.07) is 2.84. The van der Waals surface area contributed by atoms with E-state index in [4.69, 9.17) is 9.29 Å². The molecule has 0 aliphatic carbocycles. The van der Waals surface area contributed by atoms with E-state index in [1.54, 1.807) is 13.0 Å². The van der Waals surface area contributed by atoms with Gasteiger partial charge in [-0.1, -0.05) is 0 Å². The second-order valence-corrected chi connectivity index (χ2v) is 4.97. The average Bonchev–Trinajstić information content (AvgIpc) is 2.02. The van der Waals surface area contributed by atoms with Crippen molar-refractivity contribution in [3.63, 3.8) is 0 Å². The summed E-state index contributed by atoms with van der Waals surface area (Å²) in [4.78, 5) is -0.141. The van der Waals surface area contributed by atoms with E-state index in [9.17, 15) is 8.42 Å². The molecular weight excluding hydrogens is 272 g/mol. The van der Waals surface area contributed by atoms with E-state index >= 15 is 0 Å². The van der Waals surface area contributed by atoms with Crippen molar-refractivity contribution >= 4 is 26.0 Å². The lowest BCUT2D eigenvalue weighted by atomic mass is 10.2. The quantitative estimate of drug-likeness (QED) is 0.842. The van der Waals surface area contributed by atoms with E-state index in [2.05, 4.69) is 15.9 Å². The standard InChI is InChI=1S/C8H9BrO4S/c1-5-3-6(9)7(13-2)4-8(5)14(10,11)12/h3-4H,1-2H3,(H,10,11,12). The van der Waals surface area contributed by atoms with Crippen LogP contribution in [0.5, 0.6) is 5.75 Å². The SMILES string of the molecule is COc1cc(S(=O)(=O)O)c(C)cc1Br. The first-order valence-corrected chi connectivity index (χ1v) is 5.91. The van der Waals surface area contributed by atoms with Gasteiger partial charge in [0.05, 0.1) is 11.6 Å². The van der Waals surface area contributed by atoms with Gasteiger partial charge < -0.3 is 4.74 Å². The Balaban J connectivity index is 3.47. The molecule has 78 valence electrons. The minimum Gasteiger partial charge on any atom is -0.496 e. The maximum atomic E-state index is 10.9. The number of halogens is 1. The van der Waals surface area contributed by atoms with E-state index < -0.39 is 10.1 Å². The largest absolute Gasteiger partial charge is 0.496 e. The second-order valence-electron chi connectivity index (χ2n) is 2.73. The third kappa shape index (κ3) is 2.26. The van der Waals surface area contributed by atoms with Crippen LogP contribution >= 0.6 is 15.9 Å². The monoisotopic (exact) mass is 280 g/mol. The van der Waals surface area contributed by atoms with Gasteiger partial charge in [0.25, 0.3) is 10.1 Å². The number of benzene rings is 1. The van der Waals surface area contributed by atoms with Gasteiger partial charge in [-0.15, -0.1) is 0 Å². The second kappa shape index (κ2) is 3.88. The molecule has 1 aromatic rings. The van der Waals surface area contributed by atoms with Crippen LogP contribution in [-0.4, -0.2) is 20.1 Å². The van der Waals surface area contributed by atoms with Crippen LogP contribution in [0.15, 0.2) is 21.5 Å². The van der Waals surface area contributed by atoms with Gasteiger partial charge in [0.15, 0.2) is 0 Å². The zero-order chi connectivity index (χ0) is 10.9. The number of ether oxygens (including phenoxy) is 1. The van der Waals surface area contributed by atoms with Crippen molar-refractivity contribution in [2.75, 3.05) is 7.11 Å². The predicted molar refractivity (Wildman–Crippen MR) is 55.2 cm³/mol. The van der Waals surface area contributed by atoms with E-state index in [-0.39, 0.29) is 4.90 Å². The summed E-state index contributed by atoms with van der Waals surface area (Å²) in [5.41, 5.74) is 0.458. The van der Waals surface area contributed by atoms with Crippen LogP contribution in [0.2, 0.25) is 0 Å². The Morgan fingerprint density at radius 2 is 2.00 bits per heavy atom. The summed E-state index contributed by atoms with van der Waals surface area (Å²) < 4.78 is 36.3. The summed E-state index contributed by atoms with van der Waals surface area (Å²) in [5.74, 6) is 0.364. The molecule has 0 saturated heterocycles. The summed E-state index contributed by atoms with van der Waals surface area (Å²) in [6.07, 6.45) is 0. The van der Waals surface area contributed by atoms with Gasteiger partial charge in [-0.3, -0.25) is 4.55 Å². The number of methoxy groups -OCH3 is 1. The number of hydrogen-bond donors (Lipinski definition) is 1. The lowest BCUT2D eigenvalue weighted by molar-refractivity contribution is 0.409. The van der Waals surface area contributed by atoms with Gasteiger partial charge in [-0.05, 0) is 34.5 Å². The highest BCUT2D eigenvalue weighted by Gasteiger charge is 2.15. The van der Waals surface area contributed by atoms with Crippen LogP contribution in [0.4, 0.5) is 0 Å². The fraction of sp³-hybridized carbons (Fsp3) is 0.250. The van der Waals surface area contributed by atoms with E-state index in [1.807, 2.05) is 0 Å². The minimum absolute atomic E-state index is 0.141. The smallest absolute Gasteiger partial charge is 0.294 e. The molecule has 0 aliphatic heterocycles. The van der Waals surface area contributed by atoms with Crippen LogP contribution < -0.4 is 4.74 Å². The molecule has 6 heteroatoms. The molecule has 0 radical (unpaired) electrons. The molecule has 0 bridgehead atoms. The van der Waals surface area contributed by atoms with Crippen molar-refractivity contribution in [1.82, 2.24) is 0 Å². The summed E-state index contributed by atoms with van der Waals surface area (Å²) in [6.45, 7) is 1.59. The molecule has 1 N–H and O–H groups in total. The Kier molecular flexibility index (Phi) is 3.18. The Morgan fingerprint density at radius 1 is 1.43 bits per heavy atom. The van der Waals surface area contributed by atoms with Gasteiger partial charge >= 0.3 is 0 Å². The Morgan fingerprint density at radius 3 is 2.43 bits per heavy atom. The minimum atomic E-state index is -4.18. The molecule has 14 heavy (non-hydrogen) atoms. The predicted octanol–water partition coefficient (Wildman–Crippen LogP) is 2.01. The molecule has 0 saturated carbocycles. The fourth-order valence-corrected chi connectivity index (χ4v) is 2.41. The normalized spacial score (nSPS) is 11.4. The summed E-state index contributed by atoms with van der Waals surface area (Å²) in [7, 11) is -2.76. The summed E-state index contributed by atoms with van der Waals surface area (Å²) >= 11 is 3.21. The van der Waals surface area contributed by atoms with Crippen molar-refractivity contribution in [3.05, 3.63) is 22.2 Å². The first kappa shape index (κ1) is 11.5. The third-order valence-electron chi connectivity index (χ3n) is 1.73. The molecule has 0 aromatic heterocycles.